The Morgan fingerprint density at radius 2 is 1.65 bits per heavy atom. The number of anilines is 1. The maximum atomic E-state index is 14.5. The van der Waals surface area contributed by atoms with Crippen LogP contribution in [-0.2, 0) is 10.0 Å². The van der Waals surface area contributed by atoms with Gasteiger partial charge < -0.3 is 9.64 Å². The fourth-order valence-electron chi connectivity index (χ4n) is 8.57. The van der Waals surface area contributed by atoms with Crippen LogP contribution in [0.3, 0.4) is 0 Å². The molecule has 0 radical (unpaired) electrons. The highest BCUT2D eigenvalue weighted by Gasteiger charge is 2.64. The average molecular weight is 655 g/mol. The zero-order chi connectivity index (χ0) is 32.6. The van der Waals surface area contributed by atoms with E-state index in [0.29, 0.717) is 11.7 Å². The Balaban J connectivity index is 1.31. The van der Waals surface area contributed by atoms with Crippen molar-refractivity contribution in [3.63, 3.8) is 0 Å². The summed E-state index contributed by atoms with van der Waals surface area (Å²) in [4.78, 5) is 11.3. The van der Waals surface area contributed by atoms with Crippen LogP contribution in [0.5, 0.6) is 5.88 Å². The predicted octanol–water partition coefficient (Wildman–Crippen LogP) is 7.51. The summed E-state index contributed by atoms with van der Waals surface area (Å²) in [6.45, 7) is 3.92. The van der Waals surface area contributed by atoms with Gasteiger partial charge in [0.1, 0.15) is 0 Å². The van der Waals surface area contributed by atoms with E-state index in [1.165, 1.54) is 6.07 Å². The molecule has 1 unspecified atom stereocenters. The lowest BCUT2D eigenvalue weighted by atomic mass is 9.46. The Kier molecular flexibility index (Phi) is 7.47. The van der Waals surface area contributed by atoms with Crippen molar-refractivity contribution in [2.45, 2.75) is 81.8 Å². The Hall–Kier alpha value is -3.18. The summed E-state index contributed by atoms with van der Waals surface area (Å²) in [5.41, 5.74) is 2.41. The zero-order valence-corrected chi connectivity index (χ0v) is 27.5. The standard InChI is InChI=1S/C35H41F3N4O3S/c1-21-7-5-8-22(2)30(21)28-14-29-40-32(39-28)41-46(43,44)27-10-6-9-23(13-27)31(24-15-33(16-24)18-26(19-33)42(3)4)25(20-45-29)17-34(11-12-34)35(36,37)38/h5-10,13-14,24-26,31H,11-12,15-20H2,1-4H3,(H,39,40,41)/t24?,25-,26?,31?,33?/m1/s1. The first-order valence-electron chi connectivity index (χ1n) is 16.1. The first kappa shape index (κ1) is 31.4. The minimum Gasteiger partial charge on any atom is -0.477 e. The number of nitrogens with one attached hydrogen (secondary N) is 1. The predicted molar refractivity (Wildman–Crippen MR) is 170 cm³/mol. The molecule has 7 nitrogen and oxygen atoms in total. The molecule has 246 valence electrons. The second-order valence-corrected chi connectivity index (χ2v) is 16.3. The SMILES string of the molecule is Cc1cccc(C)c1-c1cc2nc(n1)NS(=O)(=O)c1cccc(c1)C(C1CC3(C1)CC(N(C)C)C3)[C@H](CC1(C(F)(F)F)CC1)CO2. The third-order valence-electron chi connectivity index (χ3n) is 11.2. The van der Waals surface area contributed by atoms with Gasteiger partial charge in [0.15, 0.2) is 0 Å². The number of sulfonamides is 1. The molecule has 4 bridgehead atoms. The lowest BCUT2D eigenvalue weighted by molar-refractivity contribution is -0.194. The monoisotopic (exact) mass is 654 g/mol. The first-order chi connectivity index (χ1) is 21.7. The van der Waals surface area contributed by atoms with E-state index in [0.717, 1.165) is 47.9 Å². The molecular formula is C35H41F3N4O3S. The Morgan fingerprint density at radius 3 is 2.28 bits per heavy atom. The van der Waals surface area contributed by atoms with Crippen LogP contribution in [0.4, 0.5) is 19.1 Å². The van der Waals surface area contributed by atoms with Crippen LogP contribution in [0, 0.1) is 36.5 Å². The van der Waals surface area contributed by atoms with E-state index in [1.807, 2.05) is 38.1 Å². The van der Waals surface area contributed by atoms with Gasteiger partial charge in [0.2, 0.25) is 11.8 Å². The maximum Gasteiger partial charge on any atom is 0.394 e. The number of ether oxygens (including phenoxy) is 1. The number of aromatic nitrogens is 2. The Labute approximate surface area is 269 Å². The van der Waals surface area contributed by atoms with E-state index in [1.54, 1.807) is 18.2 Å². The summed E-state index contributed by atoms with van der Waals surface area (Å²) >= 11 is 0. The quantitative estimate of drug-likeness (QED) is 0.307. The van der Waals surface area contributed by atoms with Gasteiger partial charge in [-0.2, -0.15) is 18.2 Å². The van der Waals surface area contributed by atoms with Crippen LogP contribution in [0.15, 0.2) is 53.4 Å². The molecule has 2 heterocycles. The van der Waals surface area contributed by atoms with Gasteiger partial charge in [0.25, 0.3) is 10.0 Å². The third kappa shape index (κ3) is 5.57. The van der Waals surface area contributed by atoms with Crippen LogP contribution in [0.25, 0.3) is 11.3 Å². The van der Waals surface area contributed by atoms with Crippen molar-refractivity contribution in [3.05, 3.63) is 65.2 Å². The lowest BCUT2D eigenvalue weighted by Crippen LogP contribution is -2.56. The second kappa shape index (κ2) is 10.9. The Bertz CT molecular complexity index is 1740. The molecule has 1 aromatic heterocycles. The van der Waals surface area contributed by atoms with E-state index in [-0.39, 0.29) is 59.8 Å². The second-order valence-electron chi connectivity index (χ2n) is 14.6. The molecule has 3 fully saturated rings. The van der Waals surface area contributed by atoms with Crippen LogP contribution < -0.4 is 9.46 Å². The summed E-state index contributed by atoms with van der Waals surface area (Å²) in [5, 5.41) is 0. The van der Waals surface area contributed by atoms with Crippen molar-refractivity contribution in [3.8, 4) is 17.1 Å². The molecule has 1 spiro atoms. The number of rotatable bonds is 5. The smallest absolute Gasteiger partial charge is 0.394 e. The van der Waals surface area contributed by atoms with Crippen LogP contribution in [-0.4, -0.2) is 56.2 Å². The van der Waals surface area contributed by atoms with Gasteiger partial charge in [0, 0.05) is 23.6 Å². The molecule has 4 aliphatic rings. The van der Waals surface area contributed by atoms with Crippen LogP contribution >= 0.6 is 0 Å². The van der Waals surface area contributed by atoms with E-state index in [9.17, 15) is 21.6 Å². The molecule has 3 aromatic rings. The summed E-state index contributed by atoms with van der Waals surface area (Å²) in [6, 6.07) is 14.7. The number of fused-ring (bicyclic) bond motifs is 4. The number of benzene rings is 2. The molecule has 0 saturated heterocycles. The first-order valence-corrected chi connectivity index (χ1v) is 17.6. The molecule has 11 heteroatoms. The number of aryl methyl sites for hydroxylation is 2. The van der Waals surface area contributed by atoms with E-state index in [4.69, 9.17) is 4.74 Å². The third-order valence-corrected chi connectivity index (χ3v) is 12.6. The van der Waals surface area contributed by atoms with Crippen molar-refractivity contribution >= 4 is 16.0 Å². The number of nitrogens with zero attached hydrogens (tertiary/aromatic N) is 3. The minimum absolute atomic E-state index is 0.0337. The van der Waals surface area contributed by atoms with Gasteiger partial charge in [0.05, 0.1) is 22.6 Å². The van der Waals surface area contributed by atoms with Gasteiger partial charge in [-0.25, -0.2) is 18.1 Å². The van der Waals surface area contributed by atoms with Gasteiger partial charge in [-0.05, 0) is 119 Å². The highest BCUT2D eigenvalue weighted by atomic mass is 32.2. The maximum absolute atomic E-state index is 14.5. The van der Waals surface area contributed by atoms with Gasteiger partial charge in [-0.3, -0.25) is 0 Å². The lowest BCUT2D eigenvalue weighted by Gasteiger charge is -2.61. The molecule has 46 heavy (non-hydrogen) atoms. The summed E-state index contributed by atoms with van der Waals surface area (Å²) < 4.78 is 79.8. The van der Waals surface area contributed by atoms with Gasteiger partial charge in [-0.15, -0.1) is 0 Å². The molecular weight excluding hydrogens is 613 g/mol. The normalized spacial score (nSPS) is 29.4. The number of alkyl halides is 3. The summed E-state index contributed by atoms with van der Waals surface area (Å²) in [5.74, 6) is -0.681. The Morgan fingerprint density at radius 1 is 0.978 bits per heavy atom. The van der Waals surface area contributed by atoms with Crippen molar-refractivity contribution in [2.24, 2.45) is 22.7 Å². The number of hydrogen-bond donors (Lipinski definition) is 1. The summed E-state index contributed by atoms with van der Waals surface area (Å²) in [7, 11) is 0.0589. The molecule has 3 aliphatic carbocycles. The van der Waals surface area contributed by atoms with Crippen LogP contribution in [0.2, 0.25) is 0 Å². The highest BCUT2D eigenvalue weighted by Crippen LogP contribution is 2.66. The molecule has 3 saturated carbocycles. The molecule has 2 aromatic carbocycles. The largest absolute Gasteiger partial charge is 0.477 e. The fraction of sp³-hybridized carbons (Fsp3) is 0.543. The highest BCUT2D eigenvalue weighted by molar-refractivity contribution is 7.92. The average Bonchev–Trinajstić information content (AvgIpc) is 3.72. The van der Waals surface area contributed by atoms with Crippen LogP contribution in [0.1, 0.15) is 67.6 Å². The van der Waals surface area contributed by atoms with Crippen molar-refractivity contribution in [1.82, 2.24) is 14.9 Å². The molecule has 7 rings (SSSR count). The van der Waals surface area contributed by atoms with E-state index < -0.39 is 27.5 Å². The van der Waals surface area contributed by atoms with Crippen molar-refractivity contribution in [1.29, 1.82) is 0 Å². The molecule has 2 atom stereocenters. The van der Waals surface area contributed by atoms with Crippen molar-refractivity contribution in [2.75, 3.05) is 25.4 Å². The zero-order valence-electron chi connectivity index (χ0n) is 26.7. The van der Waals surface area contributed by atoms with Crippen molar-refractivity contribution < 1.29 is 26.3 Å². The number of halogens is 3. The van der Waals surface area contributed by atoms with Gasteiger partial charge >= 0.3 is 6.18 Å². The molecule has 0 amide bonds. The minimum atomic E-state index is -4.32. The van der Waals surface area contributed by atoms with E-state index in [2.05, 4.69) is 33.7 Å². The summed E-state index contributed by atoms with van der Waals surface area (Å²) in [6.07, 6.45) is -0.178. The number of hydrogen-bond acceptors (Lipinski definition) is 6. The van der Waals surface area contributed by atoms with E-state index >= 15 is 0 Å². The fourth-order valence-corrected chi connectivity index (χ4v) is 9.57. The molecule has 1 N–H and O–H groups in total. The topological polar surface area (TPSA) is 84.4 Å². The molecule has 1 aliphatic heterocycles. The van der Waals surface area contributed by atoms with Gasteiger partial charge in [-0.1, -0.05) is 30.3 Å².